The van der Waals surface area contributed by atoms with Gasteiger partial charge in [-0.15, -0.1) is 0 Å². The standard InChI is InChI=1S/C13H28N2O/c1-13(2,6-9-16)11-14-10-12-4-7-15(3)8-5-12/h12,14,16H,4-11H2,1-3H3. The number of nitrogens with zero attached hydrogens (tertiary/aromatic N) is 1. The van der Waals surface area contributed by atoms with E-state index in [1.807, 2.05) is 0 Å². The summed E-state index contributed by atoms with van der Waals surface area (Å²) >= 11 is 0. The second-order valence-corrected chi connectivity index (χ2v) is 6.02. The molecule has 0 saturated carbocycles. The zero-order valence-corrected chi connectivity index (χ0v) is 11.1. The summed E-state index contributed by atoms with van der Waals surface area (Å²) in [4.78, 5) is 2.41. The van der Waals surface area contributed by atoms with E-state index in [1.165, 1.54) is 25.9 Å². The first-order chi connectivity index (χ1) is 7.53. The Morgan fingerprint density at radius 3 is 2.50 bits per heavy atom. The number of nitrogens with one attached hydrogen (secondary N) is 1. The molecule has 96 valence electrons. The number of hydrogen-bond donors (Lipinski definition) is 2. The maximum atomic E-state index is 8.95. The van der Waals surface area contributed by atoms with Crippen molar-refractivity contribution in [2.24, 2.45) is 11.3 Å². The van der Waals surface area contributed by atoms with Gasteiger partial charge < -0.3 is 15.3 Å². The average Bonchev–Trinajstić information content (AvgIpc) is 2.20. The lowest BCUT2D eigenvalue weighted by Crippen LogP contribution is -2.38. The fraction of sp³-hybridized carbons (Fsp3) is 1.00. The molecule has 0 atom stereocenters. The third-order valence-corrected chi connectivity index (χ3v) is 3.66. The van der Waals surface area contributed by atoms with Crippen LogP contribution in [0.25, 0.3) is 0 Å². The molecule has 0 aromatic carbocycles. The molecule has 1 saturated heterocycles. The molecule has 1 rings (SSSR count). The van der Waals surface area contributed by atoms with Gasteiger partial charge in [0.1, 0.15) is 0 Å². The van der Waals surface area contributed by atoms with E-state index in [1.54, 1.807) is 0 Å². The molecule has 0 bridgehead atoms. The highest BCUT2D eigenvalue weighted by Gasteiger charge is 2.19. The Morgan fingerprint density at radius 2 is 1.94 bits per heavy atom. The highest BCUT2D eigenvalue weighted by Crippen LogP contribution is 2.19. The van der Waals surface area contributed by atoms with Crippen LogP contribution in [0.1, 0.15) is 33.1 Å². The largest absolute Gasteiger partial charge is 0.396 e. The Kier molecular flexibility index (Phi) is 5.73. The summed E-state index contributed by atoms with van der Waals surface area (Å²) in [7, 11) is 2.20. The molecular weight excluding hydrogens is 200 g/mol. The highest BCUT2D eigenvalue weighted by atomic mass is 16.3. The zero-order valence-electron chi connectivity index (χ0n) is 11.1. The van der Waals surface area contributed by atoms with Crippen molar-refractivity contribution in [3.05, 3.63) is 0 Å². The van der Waals surface area contributed by atoms with Gasteiger partial charge in [0.05, 0.1) is 0 Å². The first-order valence-electron chi connectivity index (χ1n) is 6.53. The number of likely N-dealkylation sites (tertiary alicyclic amines) is 1. The first-order valence-corrected chi connectivity index (χ1v) is 6.53. The molecule has 2 N–H and O–H groups in total. The molecule has 3 heteroatoms. The van der Waals surface area contributed by atoms with Gasteiger partial charge in [0, 0.05) is 13.2 Å². The third-order valence-electron chi connectivity index (χ3n) is 3.66. The second-order valence-electron chi connectivity index (χ2n) is 6.02. The number of rotatable bonds is 6. The molecule has 0 radical (unpaired) electrons. The number of aliphatic hydroxyl groups is 1. The van der Waals surface area contributed by atoms with Crippen molar-refractivity contribution in [2.45, 2.75) is 33.1 Å². The Labute approximate surface area is 100 Å². The number of piperidine rings is 1. The van der Waals surface area contributed by atoms with Crippen LogP contribution in [0, 0.1) is 11.3 Å². The monoisotopic (exact) mass is 228 g/mol. The first kappa shape index (κ1) is 13.9. The quantitative estimate of drug-likeness (QED) is 0.720. The Hall–Kier alpha value is -0.120. The van der Waals surface area contributed by atoms with Gasteiger partial charge in [0.2, 0.25) is 0 Å². The lowest BCUT2D eigenvalue weighted by molar-refractivity contribution is 0.191. The van der Waals surface area contributed by atoms with E-state index < -0.39 is 0 Å². The van der Waals surface area contributed by atoms with Crippen LogP contribution < -0.4 is 5.32 Å². The molecule has 0 aliphatic carbocycles. The molecular formula is C13H28N2O. The minimum atomic E-state index is 0.222. The molecule has 1 fully saturated rings. The highest BCUT2D eigenvalue weighted by molar-refractivity contribution is 4.75. The lowest BCUT2D eigenvalue weighted by atomic mass is 9.89. The van der Waals surface area contributed by atoms with Crippen molar-refractivity contribution >= 4 is 0 Å². The Morgan fingerprint density at radius 1 is 1.31 bits per heavy atom. The molecule has 16 heavy (non-hydrogen) atoms. The van der Waals surface area contributed by atoms with Crippen molar-refractivity contribution in [1.29, 1.82) is 0 Å². The maximum absolute atomic E-state index is 8.95. The van der Waals surface area contributed by atoms with Gasteiger partial charge in [-0.1, -0.05) is 13.8 Å². The van der Waals surface area contributed by atoms with Gasteiger partial charge in [-0.2, -0.15) is 0 Å². The molecule has 1 heterocycles. The lowest BCUT2D eigenvalue weighted by Gasteiger charge is -2.30. The van der Waals surface area contributed by atoms with E-state index in [-0.39, 0.29) is 5.41 Å². The van der Waals surface area contributed by atoms with E-state index in [2.05, 4.69) is 31.1 Å². The van der Waals surface area contributed by atoms with E-state index >= 15 is 0 Å². The fourth-order valence-corrected chi connectivity index (χ4v) is 2.27. The molecule has 0 amide bonds. The van der Waals surface area contributed by atoms with E-state index in [9.17, 15) is 0 Å². The zero-order chi connectivity index (χ0) is 12.0. The molecule has 3 nitrogen and oxygen atoms in total. The molecule has 0 unspecified atom stereocenters. The molecule has 0 spiro atoms. The van der Waals surface area contributed by atoms with Crippen LogP contribution in [0.15, 0.2) is 0 Å². The minimum Gasteiger partial charge on any atom is -0.396 e. The minimum absolute atomic E-state index is 0.222. The van der Waals surface area contributed by atoms with Gasteiger partial charge in [0.25, 0.3) is 0 Å². The van der Waals surface area contributed by atoms with Gasteiger partial charge in [0.15, 0.2) is 0 Å². The van der Waals surface area contributed by atoms with Gasteiger partial charge in [-0.25, -0.2) is 0 Å². The van der Waals surface area contributed by atoms with E-state index in [0.717, 1.165) is 25.4 Å². The van der Waals surface area contributed by atoms with Crippen LogP contribution in [0.3, 0.4) is 0 Å². The predicted octanol–water partition coefficient (Wildman–Crippen LogP) is 1.33. The smallest absolute Gasteiger partial charge is 0.0436 e. The van der Waals surface area contributed by atoms with Crippen LogP contribution in [-0.2, 0) is 0 Å². The summed E-state index contributed by atoms with van der Waals surface area (Å²) in [5.41, 5.74) is 0.222. The predicted molar refractivity (Wildman–Crippen MR) is 68.6 cm³/mol. The van der Waals surface area contributed by atoms with Crippen LogP contribution in [0.4, 0.5) is 0 Å². The number of hydrogen-bond acceptors (Lipinski definition) is 3. The third kappa shape index (κ3) is 5.28. The van der Waals surface area contributed by atoms with Crippen molar-refractivity contribution in [2.75, 3.05) is 39.8 Å². The van der Waals surface area contributed by atoms with Gasteiger partial charge in [-0.05, 0) is 57.3 Å². The summed E-state index contributed by atoms with van der Waals surface area (Å²) in [6.45, 7) is 9.36. The summed E-state index contributed by atoms with van der Waals surface area (Å²) in [5, 5.41) is 12.5. The molecule has 0 aromatic heterocycles. The summed E-state index contributed by atoms with van der Waals surface area (Å²) in [5.74, 6) is 0.848. The van der Waals surface area contributed by atoms with Crippen molar-refractivity contribution < 1.29 is 5.11 Å². The fourth-order valence-electron chi connectivity index (χ4n) is 2.27. The SMILES string of the molecule is CN1CCC(CNCC(C)(C)CCO)CC1. The van der Waals surface area contributed by atoms with E-state index in [0.29, 0.717) is 6.61 Å². The number of aliphatic hydroxyl groups excluding tert-OH is 1. The van der Waals surface area contributed by atoms with Crippen LogP contribution in [0.2, 0.25) is 0 Å². The van der Waals surface area contributed by atoms with Crippen molar-refractivity contribution in [3.8, 4) is 0 Å². The topological polar surface area (TPSA) is 35.5 Å². The van der Waals surface area contributed by atoms with Crippen LogP contribution >= 0.6 is 0 Å². The molecule has 0 aromatic rings. The van der Waals surface area contributed by atoms with Crippen LogP contribution in [-0.4, -0.2) is 49.8 Å². The Bertz CT molecular complexity index is 186. The van der Waals surface area contributed by atoms with E-state index in [4.69, 9.17) is 5.11 Å². The van der Waals surface area contributed by atoms with Crippen molar-refractivity contribution in [3.63, 3.8) is 0 Å². The maximum Gasteiger partial charge on any atom is 0.0436 e. The average molecular weight is 228 g/mol. The molecule has 1 aliphatic heterocycles. The summed E-state index contributed by atoms with van der Waals surface area (Å²) in [6.07, 6.45) is 3.53. The van der Waals surface area contributed by atoms with Gasteiger partial charge >= 0.3 is 0 Å². The second kappa shape index (κ2) is 6.58. The summed E-state index contributed by atoms with van der Waals surface area (Å²) < 4.78 is 0. The normalized spacial score (nSPS) is 20.2. The molecule has 1 aliphatic rings. The Balaban J connectivity index is 2.11. The summed E-state index contributed by atoms with van der Waals surface area (Å²) in [6, 6.07) is 0. The van der Waals surface area contributed by atoms with Gasteiger partial charge in [-0.3, -0.25) is 0 Å². The van der Waals surface area contributed by atoms with Crippen LogP contribution in [0.5, 0.6) is 0 Å². The van der Waals surface area contributed by atoms with Crippen molar-refractivity contribution in [1.82, 2.24) is 10.2 Å².